The second-order valence-corrected chi connectivity index (χ2v) is 12.1. The van der Waals surface area contributed by atoms with Crippen molar-refractivity contribution in [1.29, 1.82) is 0 Å². The highest BCUT2D eigenvalue weighted by molar-refractivity contribution is 5.45. The summed E-state index contributed by atoms with van der Waals surface area (Å²) in [5.74, 6) is 0. The van der Waals surface area contributed by atoms with Gasteiger partial charge in [-0.15, -0.1) is 0 Å². The minimum absolute atomic E-state index is 0. The number of anilines is 2. The molecule has 0 bridgehead atoms. The van der Waals surface area contributed by atoms with Crippen molar-refractivity contribution in [1.82, 2.24) is 9.80 Å². The van der Waals surface area contributed by atoms with Gasteiger partial charge in [0.2, 0.25) is 0 Å². The second kappa shape index (κ2) is 12.6. The number of aromatic amines is 2. The third-order valence-electron chi connectivity index (χ3n) is 9.88. The summed E-state index contributed by atoms with van der Waals surface area (Å²) in [6, 6.07) is 8.75. The van der Waals surface area contributed by atoms with Crippen LogP contribution in [0.4, 0.5) is 11.4 Å². The molecule has 0 radical (unpaired) electrons. The van der Waals surface area contributed by atoms with E-state index in [1.54, 1.807) is 0 Å². The van der Waals surface area contributed by atoms with Crippen molar-refractivity contribution >= 4 is 11.4 Å². The standard InChI is InChI=1S/2C15H23N3.CH4/c2*1-17-10-4-15(5-11-17)6-12-18(13-7-15)14-2-8-16-9-3-14;/h2*2-3,8-9H,4-7,10-13H2,1H3;1H4/p+2. The first-order chi connectivity index (χ1) is 17.5. The second-order valence-electron chi connectivity index (χ2n) is 12.1. The van der Waals surface area contributed by atoms with E-state index in [2.05, 4.69) is 67.9 Å². The summed E-state index contributed by atoms with van der Waals surface area (Å²) in [6.07, 6.45) is 19.2. The first-order valence-corrected chi connectivity index (χ1v) is 14.3. The van der Waals surface area contributed by atoms with E-state index in [-0.39, 0.29) is 7.43 Å². The highest BCUT2D eigenvalue weighted by Gasteiger charge is 2.38. The third kappa shape index (κ3) is 7.02. The molecule has 204 valence electrons. The lowest BCUT2D eigenvalue weighted by molar-refractivity contribution is -0.378. The molecule has 37 heavy (non-hydrogen) atoms. The van der Waals surface area contributed by atoms with Gasteiger partial charge in [-0.2, -0.15) is 0 Å². The van der Waals surface area contributed by atoms with Gasteiger partial charge in [0.1, 0.15) is 0 Å². The van der Waals surface area contributed by atoms with Crippen molar-refractivity contribution in [2.75, 3.05) is 76.3 Å². The predicted octanol–water partition coefficient (Wildman–Crippen LogP) is 4.26. The van der Waals surface area contributed by atoms with Crippen LogP contribution in [0.3, 0.4) is 0 Å². The average Bonchev–Trinajstić information content (AvgIpc) is 2.95. The molecule has 0 atom stereocenters. The van der Waals surface area contributed by atoms with Gasteiger partial charge in [-0.25, -0.2) is 9.97 Å². The van der Waals surface area contributed by atoms with Crippen molar-refractivity contribution in [2.24, 2.45) is 10.8 Å². The molecule has 6 heterocycles. The van der Waals surface area contributed by atoms with Crippen LogP contribution in [0.5, 0.6) is 0 Å². The zero-order valence-electron chi connectivity index (χ0n) is 22.7. The molecule has 0 aliphatic carbocycles. The Morgan fingerprint density at radius 1 is 0.486 bits per heavy atom. The normalized spacial score (nSPS) is 23.7. The van der Waals surface area contributed by atoms with E-state index in [1.807, 2.05) is 24.8 Å². The molecule has 2 aromatic heterocycles. The largest absolute Gasteiger partial charge is 0.371 e. The van der Waals surface area contributed by atoms with Gasteiger partial charge in [-0.05, 0) is 102 Å². The van der Waals surface area contributed by atoms with Crippen LogP contribution >= 0.6 is 0 Å². The molecular weight excluding hydrogens is 456 g/mol. The van der Waals surface area contributed by atoms with Crippen LogP contribution in [-0.4, -0.2) is 76.3 Å². The lowest BCUT2D eigenvalue weighted by atomic mass is 9.71. The zero-order valence-corrected chi connectivity index (χ0v) is 22.7. The van der Waals surface area contributed by atoms with Gasteiger partial charge in [-0.1, -0.05) is 7.43 Å². The first kappa shape index (κ1) is 27.8. The molecule has 2 aromatic rings. The van der Waals surface area contributed by atoms with Crippen molar-refractivity contribution in [3.63, 3.8) is 0 Å². The molecular formula is C31H52N6+2. The number of nitrogens with zero attached hydrogens (tertiary/aromatic N) is 4. The van der Waals surface area contributed by atoms with Crippen LogP contribution < -0.4 is 19.8 Å². The maximum atomic E-state index is 3.10. The Kier molecular flexibility index (Phi) is 9.46. The molecule has 0 amide bonds. The topological polar surface area (TPSA) is 41.2 Å². The van der Waals surface area contributed by atoms with E-state index >= 15 is 0 Å². The lowest BCUT2D eigenvalue weighted by Crippen LogP contribution is -2.46. The fourth-order valence-corrected chi connectivity index (χ4v) is 6.84. The van der Waals surface area contributed by atoms with E-state index in [1.165, 1.54) is 115 Å². The minimum Gasteiger partial charge on any atom is -0.371 e. The molecule has 6 heteroatoms. The van der Waals surface area contributed by atoms with Gasteiger partial charge < -0.3 is 19.6 Å². The highest BCUT2D eigenvalue weighted by Crippen LogP contribution is 2.42. The van der Waals surface area contributed by atoms with Crippen LogP contribution in [0.1, 0.15) is 58.8 Å². The van der Waals surface area contributed by atoms with Crippen LogP contribution in [0.2, 0.25) is 0 Å². The van der Waals surface area contributed by atoms with Gasteiger partial charge in [0.15, 0.2) is 24.8 Å². The summed E-state index contributed by atoms with van der Waals surface area (Å²) in [7, 11) is 4.50. The number of aromatic nitrogens is 2. The predicted molar refractivity (Wildman–Crippen MR) is 154 cm³/mol. The number of pyridine rings is 2. The number of piperidine rings is 4. The first-order valence-electron chi connectivity index (χ1n) is 14.3. The maximum Gasteiger partial charge on any atom is 0.169 e. The van der Waals surface area contributed by atoms with Gasteiger partial charge >= 0.3 is 0 Å². The number of rotatable bonds is 2. The number of hydrogen-bond acceptors (Lipinski definition) is 4. The number of nitrogens with one attached hydrogen (secondary N) is 2. The van der Waals surface area contributed by atoms with Gasteiger partial charge in [0.05, 0.1) is 0 Å². The van der Waals surface area contributed by atoms with E-state index in [4.69, 9.17) is 0 Å². The molecule has 2 N–H and O–H groups in total. The Bertz CT molecular complexity index is 822. The highest BCUT2D eigenvalue weighted by atomic mass is 15.2. The Labute approximate surface area is 226 Å². The van der Waals surface area contributed by atoms with Crippen LogP contribution in [-0.2, 0) is 0 Å². The molecule has 0 unspecified atom stereocenters. The summed E-state index contributed by atoms with van der Waals surface area (Å²) in [5, 5.41) is 0. The zero-order chi connectivity index (χ0) is 24.8. The van der Waals surface area contributed by atoms with Crippen LogP contribution in [0, 0.1) is 10.8 Å². The van der Waals surface area contributed by atoms with Crippen LogP contribution in [0.25, 0.3) is 0 Å². The minimum atomic E-state index is 0. The van der Waals surface area contributed by atoms with Crippen molar-refractivity contribution < 1.29 is 9.97 Å². The smallest absolute Gasteiger partial charge is 0.169 e. The Balaban J connectivity index is 0.000000168. The molecule has 6 nitrogen and oxygen atoms in total. The third-order valence-corrected chi connectivity index (χ3v) is 9.88. The Morgan fingerprint density at radius 3 is 1.05 bits per heavy atom. The summed E-state index contributed by atoms with van der Waals surface area (Å²) >= 11 is 0. The van der Waals surface area contributed by atoms with E-state index < -0.39 is 0 Å². The summed E-state index contributed by atoms with van der Waals surface area (Å²) in [4.78, 5) is 16.2. The molecule has 4 saturated heterocycles. The molecule has 0 aromatic carbocycles. The van der Waals surface area contributed by atoms with Crippen LogP contribution in [0.15, 0.2) is 49.1 Å². The molecule has 4 aliphatic heterocycles. The maximum absolute atomic E-state index is 3.10. The lowest BCUT2D eigenvalue weighted by Gasteiger charge is -2.46. The number of H-pyrrole nitrogens is 2. The Morgan fingerprint density at radius 2 is 0.757 bits per heavy atom. The fourth-order valence-electron chi connectivity index (χ4n) is 6.84. The monoisotopic (exact) mass is 508 g/mol. The van der Waals surface area contributed by atoms with E-state index in [9.17, 15) is 0 Å². The number of hydrogen-bond donors (Lipinski definition) is 0. The SMILES string of the molecule is C.CN1CCC2(CC1)CCN(c1cc[nH+]cc1)CC2.CN1CCC2(CC1)CCN(c1cc[nH+]cc1)CC2. The summed E-state index contributed by atoms with van der Waals surface area (Å²) in [5.41, 5.74) is 4.06. The summed E-state index contributed by atoms with van der Waals surface area (Å²) in [6.45, 7) is 10.1. The fraction of sp³-hybridized carbons (Fsp3) is 0.677. The Hall–Kier alpha value is -2.18. The van der Waals surface area contributed by atoms with Crippen molar-refractivity contribution in [3.8, 4) is 0 Å². The molecule has 0 saturated carbocycles. The molecule has 6 rings (SSSR count). The molecule has 4 fully saturated rings. The van der Waals surface area contributed by atoms with Gasteiger partial charge in [0.25, 0.3) is 0 Å². The van der Waals surface area contributed by atoms with Crippen molar-refractivity contribution in [2.45, 2.75) is 58.8 Å². The van der Waals surface area contributed by atoms with Gasteiger partial charge in [-0.3, -0.25) is 0 Å². The van der Waals surface area contributed by atoms with E-state index in [0.29, 0.717) is 10.8 Å². The quantitative estimate of drug-likeness (QED) is 0.608. The summed E-state index contributed by atoms with van der Waals surface area (Å²) < 4.78 is 0. The molecule has 2 spiro atoms. The van der Waals surface area contributed by atoms with Crippen molar-refractivity contribution in [3.05, 3.63) is 49.1 Å². The average molecular weight is 509 g/mol. The molecule has 4 aliphatic rings. The van der Waals surface area contributed by atoms with Gasteiger partial charge in [0, 0.05) is 61.8 Å². The van der Waals surface area contributed by atoms with E-state index in [0.717, 1.165) is 0 Å². The number of likely N-dealkylation sites (tertiary alicyclic amines) is 2.